The Balaban J connectivity index is 1.28. The van der Waals surface area contributed by atoms with Crippen LogP contribution in [0.5, 0.6) is 0 Å². The molecule has 0 saturated carbocycles. The molecule has 0 N–H and O–H groups in total. The van der Waals surface area contributed by atoms with Gasteiger partial charge in [-0.2, -0.15) is 0 Å². The van der Waals surface area contributed by atoms with Gasteiger partial charge in [0.05, 0.1) is 36.3 Å². The molecule has 1 aromatic rings. The molecule has 8 nitrogen and oxygen atoms in total. The molecule has 4 aliphatic heterocycles. The lowest BCUT2D eigenvalue weighted by Crippen LogP contribution is -2.45. The van der Waals surface area contributed by atoms with Gasteiger partial charge in [0.25, 0.3) is 11.8 Å². The Hall–Kier alpha value is -2.58. The van der Waals surface area contributed by atoms with Crippen LogP contribution < -0.4 is 9.80 Å². The quantitative estimate of drug-likeness (QED) is 0.634. The molecule has 182 valence electrons. The molecule has 0 aliphatic carbocycles. The number of amides is 4. The van der Waals surface area contributed by atoms with E-state index in [-0.39, 0.29) is 36.5 Å². The van der Waals surface area contributed by atoms with Crippen LogP contribution >= 0.6 is 0 Å². The van der Waals surface area contributed by atoms with Gasteiger partial charge in [-0.3, -0.25) is 29.0 Å². The molecule has 34 heavy (non-hydrogen) atoms. The molecule has 4 heterocycles. The molecular formula is C26H34N4O4. The van der Waals surface area contributed by atoms with Crippen LogP contribution in [0.25, 0.3) is 0 Å². The zero-order chi connectivity index (χ0) is 24.0. The van der Waals surface area contributed by atoms with Crippen LogP contribution in [0.15, 0.2) is 24.3 Å². The summed E-state index contributed by atoms with van der Waals surface area (Å²) in [5, 5.41) is 0. The summed E-state index contributed by atoms with van der Waals surface area (Å²) in [4.78, 5) is 58.5. The van der Waals surface area contributed by atoms with Gasteiger partial charge in [-0.25, -0.2) is 9.80 Å². The molecule has 4 fully saturated rings. The van der Waals surface area contributed by atoms with E-state index in [2.05, 4.69) is 23.6 Å². The summed E-state index contributed by atoms with van der Waals surface area (Å²) in [6, 6.07) is 5.89. The average Bonchev–Trinajstić information content (AvgIpc) is 3.29. The average molecular weight is 467 g/mol. The maximum absolute atomic E-state index is 13.1. The zero-order valence-corrected chi connectivity index (χ0v) is 20.1. The smallest absolute Gasteiger partial charge is 0.251 e. The minimum absolute atomic E-state index is 0.181. The van der Waals surface area contributed by atoms with Gasteiger partial charge in [0.1, 0.15) is 0 Å². The summed E-state index contributed by atoms with van der Waals surface area (Å²) in [7, 11) is 0. The van der Waals surface area contributed by atoms with Crippen molar-refractivity contribution < 1.29 is 19.2 Å². The molecule has 0 radical (unpaired) electrons. The molecule has 4 saturated heterocycles. The van der Waals surface area contributed by atoms with Crippen LogP contribution in [-0.4, -0.2) is 71.7 Å². The number of carbonyl (C=O) groups excluding carboxylic acids is 4. The van der Waals surface area contributed by atoms with E-state index in [1.54, 1.807) is 24.3 Å². The Labute approximate surface area is 200 Å². The highest BCUT2D eigenvalue weighted by molar-refractivity contribution is 6.24. The lowest BCUT2D eigenvalue weighted by Gasteiger charge is -2.33. The van der Waals surface area contributed by atoms with Gasteiger partial charge in [-0.1, -0.05) is 13.8 Å². The Kier molecular flexibility index (Phi) is 6.29. The second-order valence-electron chi connectivity index (χ2n) is 10.5. The van der Waals surface area contributed by atoms with Gasteiger partial charge < -0.3 is 0 Å². The number of nitrogens with zero attached hydrogens (tertiary/aromatic N) is 4. The predicted molar refractivity (Wildman–Crippen MR) is 128 cm³/mol. The summed E-state index contributed by atoms with van der Waals surface area (Å²) < 4.78 is 0. The van der Waals surface area contributed by atoms with E-state index in [9.17, 15) is 19.2 Å². The second kappa shape index (κ2) is 9.23. The van der Waals surface area contributed by atoms with Crippen LogP contribution in [0, 0.1) is 11.8 Å². The number of anilines is 2. The summed E-state index contributed by atoms with van der Waals surface area (Å²) in [6.45, 7) is 7.80. The maximum atomic E-state index is 13.1. The Morgan fingerprint density at radius 3 is 1.24 bits per heavy atom. The van der Waals surface area contributed by atoms with Crippen molar-refractivity contribution in [1.29, 1.82) is 0 Å². The van der Waals surface area contributed by atoms with Crippen molar-refractivity contribution in [2.45, 2.75) is 64.5 Å². The fourth-order valence-corrected chi connectivity index (χ4v) is 5.78. The van der Waals surface area contributed by atoms with Crippen molar-refractivity contribution in [3.63, 3.8) is 0 Å². The summed E-state index contributed by atoms with van der Waals surface area (Å²) in [6.07, 6.45) is 4.58. The van der Waals surface area contributed by atoms with Gasteiger partial charge in [0.2, 0.25) is 11.8 Å². The van der Waals surface area contributed by atoms with Gasteiger partial charge in [-0.05, 0) is 88.0 Å². The minimum atomic E-state index is -0.394. The number of benzene rings is 1. The topological polar surface area (TPSA) is 81.2 Å². The van der Waals surface area contributed by atoms with E-state index >= 15 is 0 Å². The molecule has 1 aromatic carbocycles. The first-order chi connectivity index (χ1) is 16.3. The molecule has 0 unspecified atom stereocenters. The molecule has 2 atom stereocenters. The number of piperidine rings is 2. The molecule has 4 amide bonds. The van der Waals surface area contributed by atoms with Crippen molar-refractivity contribution in [3.8, 4) is 0 Å². The normalized spacial score (nSPS) is 28.5. The molecule has 0 aromatic heterocycles. The molecule has 0 spiro atoms. The summed E-state index contributed by atoms with van der Waals surface area (Å²) >= 11 is 0. The fraction of sp³-hybridized carbons (Fsp3) is 0.615. The standard InChI is InChI=1S/C26H34N4O4/c1-17-7-11-27(12-8-17)21-15-23(31)29(25(21)33)19-3-5-20(6-4-19)30-24(32)16-22(26(30)34)28-13-9-18(2)10-14-28/h3-6,17-18,21-22H,7-16H2,1-2H3/t21-,22+. The van der Waals surface area contributed by atoms with E-state index in [1.165, 1.54) is 9.80 Å². The van der Waals surface area contributed by atoms with Crippen molar-refractivity contribution >= 4 is 35.0 Å². The number of likely N-dealkylation sites (tertiary alicyclic amines) is 2. The molecule has 4 aliphatic rings. The minimum Gasteiger partial charge on any atom is -0.292 e. The van der Waals surface area contributed by atoms with E-state index in [4.69, 9.17) is 0 Å². The van der Waals surface area contributed by atoms with Crippen molar-refractivity contribution in [3.05, 3.63) is 24.3 Å². The van der Waals surface area contributed by atoms with Crippen LogP contribution in [0.2, 0.25) is 0 Å². The first-order valence-corrected chi connectivity index (χ1v) is 12.6. The monoisotopic (exact) mass is 466 g/mol. The Morgan fingerprint density at radius 1 is 0.588 bits per heavy atom. The highest BCUT2D eigenvalue weighted by Crippen LogP contribution is 2.32. The largest absolute Gasteiger partial charge is 0.292 e. The van der Waals surface area contributed by atoms with Crippen molar-refractivity contribution in [1.82, 2.24) is 9.80 Å². The summed E-state index contributed by atoms with van der Waals surface area (Å²) in [5.74, 6) is 0.547. The number of imide groups is 2. The van der Waals surface area contributed by atoms with E-state index in [1.807, 2.05) is 0 Å². The van der Waals surface area contributed by atoms with E-state index < -0.39 is 12.1 Å². The maximum Gasteiger partial charge on any atom is 0.251 e. The summed E-state index contributed by atoms with van der Waals surface area (Å²) in [5.41, 5.74) is 0.986. The number of rotatable bonds is 4. The predicted octanol–water partition coefficient (Wildman–Crippen LogP) is 2.41. The van der Waals surface area contributed by atoms with Crippen LogP contribution in [0.1, 0.15) is 52.4 Å². The van der Waals surface area contributed by atoms with E-state index in [0.29, 0.717) is 23.2 Å². The van der Waals surface area contributed by atoms with Gasteiger partial charge in [0.15, 0.2) is 0 Å². The number of hydrogen-bond acceptors (Lipinski definition) is 6. The van der Waals surface area contributed by atoms with Gasteiger partial charge >= 0.3 is 0 Å². The van der Waals surface area contributed by atoms with Gasteiger partial charge in [0, 0.05) is 0 Å². The highest BCUT2D eigenvalue weighted by atomic mass is 16.2. The third kappa shape index (κ3) is 4.18. The van der Waals surface area contributed by atoms with Gasteiger partial charge in [-0.15, -0.1) is 0 Å². The van der Waals surface area contributed by atoms with Crippen LogP contribution in [0.4, 0.5) is 11.4 Å². The molecule has 5 rings (SSSR count). The van der Waals surface area contributed by atoms with Crippen LogP contribution in [-0.2, 0) is 19.2 Å². The SMILES string of the molecule is CC1CCN([C@@H]2CC(=O)N(c3ccc(N4C(=O)C[C@H](N5CCC(C)CC5)C4=O)cc3)C2=O)CC1. The third-order valence-corrected chi connectivity index (χ3v) is 8.13. The van der Waals surface area contributed by atoms with Crippen molar-refractivity contribution in [2.24, 2.45) is 11.8 Å². The van der Waals surface area contributed by atoms with Crippen LogP contribution in [0.3, 0.4) is 0 Å². The van der Waals surface area contributed by atoms with Crippen molar-refractivity contribution in [2.75, 3.05) is 36.0 Å². The lowest BCUT2D eigenvalue weighted by molar-refractivity contribution is -0.124. The molecule has 0 bridgehead atoms. The first kappa shape index (κ1) is 23.2. The first-order valence-electron chi connectivity index (χ1n) is 12.6. The van der Waals surface area contributed by atoms with E-state index in [0.717, 1.165) is 51.9 Å². The lowest BCUT2D eigenvalue weighted by atomic mass is 9.97. The fourth-order valence-electron chi connectivity index (χ4n) is 5.78. The Bertz CT molecular complexity index is 898. The Morgan fingerprint density at radius 2 is 0.912 bits per heavy atom. The third-order valence-electron chi connectivity index (χ3n) is 8.13. The molecular weight excluding hydrogens is 432 g/mol. The molecule has 8 heteroatoms. The zero-order valence-electron chi connectivity index (χ0n) is 20.1. The highest BCUT2D eigenvalue weighted by Gasteiger charge is 2.45. The number of carbonyl (C=O) groups is 4. The number of hydrogen-bond donors (Lipinski definition) is 0. The second-order valence-corrected chi connectivity index (χ2v) is 10.5.